The lowest BCUT2D eigenvalue weighted by molar-refractivity contribution is -0.142. The maximum atomic E-state index is 12.3. The van der Waals surface area contributed by atoms with Crippen molar-refractivity contribution in [3.05, 3.63) is 16.6 Å². The minimum Gasteiger partial charge on any atom is -0.494 e. The topological polar surface area (TPSA) is 39.9 Å². The van der Waals surface area contributed by atoms with Crippen LogP contribution < -0.4 is 4.74 Å². The molecule has 0 aliphatic heterocycles. The van der Waals surface area contributed by atoms with Gasteiger partial charge in [-0.3, -0.25) is 0 Å². The monoisotopic (exact) mass is 309 g/mol. The highest BCUT2D eigenvalue weighted by Gasteiger charge is 2.30. The SMILES string of the molecule is COc1ccc(Br)c2c1nnn2CC(F)(F)F. The minimum absolute atomic E-state index is 0.265. The number of rotatable bonds is 2. The Hall–Kier alpha value is -1.31. The Balaban J connectivity index is 2.59. The van der Waals surface area contributed by atoms with Crippen molar-refractivity contribution in [2.45, 2.75) is 12.7 Å². The molecule has 0 aliphatic rings. The van der Waals surface area contributed by atoms with Gasteiger partial charge in [0.05, 0.1) is 7.11 Å². The molecule has 92 valence electrons. The first kappa shape index (κ1) is 12.2. The van der Waals surface area contributed by atoms with Crippen molar-refractivity contribution in [1.82, 2.24) is 15.0 Å². The zero-order valence-corrected chi connectivity index (χ0v) is 10.2. The average Bonchev–Trinajstić information content (AvgIpc) is 2.61. The number of ether oxygens (including phenoxy) is 1. The van der Waals surface area contributed by atoms with Crippen molar-refractivity contribution >= 4 is 27.0 Å². The number of hydrogen-bond donors (Lipinski definition) is 0. The standard InChI is InChI=1S/C9H7BrF3N3O/c1-17-6-3-2-5(10)8-7(6)14-15-16(8)4-9(11,12)13/h2-3H,4H2,1H3. The molecule has 0 radical (unpaired) electrons. The Bertz CT molecular complexity index is 552. The summed E-state index contributed by atoms with van der Waals surface area (Å²) >= 11 is 3.17. The predicted molar refractivity (Wildman–Crippen MR) is 57.8 cm³/mol. The second-order valence-electron chi connectivity index (χ2n) is 3.31. The van der Waals surface area contributed by atoms with Gasteiger partial charge in [-0.05, 0) is 28.1 Å². The van der Waals surface area contributed by atoms with Gasteiger partial charge in [0.1, 0.15) is 17.8 Å². The Labute approximate surface area is 102 Å². The van der Waals surface area contributed by atoms with E-state index in [0.717, 1.165) is 4.68 Å². The highest BCUT2D eigenvalue weighted by molar-refractivity contribution is 9.10. The lowest BCUT2D eigenvalue weighted by Gasteiger charge is -2.07. The van der Waals surface area contributed by atoms with Crippen LogP contribution in [0.1, 0.15) is 0 Å². The van der Waals surface area contributed by atoms with Crippen molar-refractivity contribution in [2.24, 2.45) is 0 Å². The van der Waals surface area contributed by atoms with E-state index in [0.29, 0.717) is 15.7 Å². The van der Waals surface area contributed by atoms with Crippen molar-refractivity contribution < 1.29 is 17.9 Å². The third-order valence-electron chi connectivity index (χ3n) is 2.12. The number of aromatic nitrogens is 3. The molecule has 0 atom stereocenters. The highest BCUT2D eigenvalue weighted by Crippen LogP contribution is 2.31. The number of alkyl halides is 3. The first-order valence-corrected chi connectivity index (χ1v) is 5.34. The van der Waals surface area contributed by atoms with Gasteiger partial charge in [0.25, 0.3) is 0 Å². The van der Waals surface area contributed by atoms with E-state index >= 15 is 0 Å². The molecule has 0 unspecified atom stereocenters. The van der Waals surface area contributed by atoms with Crippen molar-refractivity contribution in [3.8, 4) is 5.75 Å². The zero-order chi connectivity index (χ0) is 12.6. The van der Waals surface area contributed by atoms with E-state index in [2.05, 4.69) is 26.2 Å². The lowest BCUT2D eigenvalue weighted by Crippen LogP contribution is -2.18. The second-order valence-corrected chi connectivity index (χ2v) is 4.16. The zero-order valence-electron chi connectivity index (χ0n) is 8.62. The maximum absolute atomic E-state index is 12.3. The third kappa shape index (κ3) is 2.36. The summed E-state index contributed by atoms with van der Waals surface area (Å²) in [6.07, 6.45) is -4.34. The molecule has 0 saturated heterocycles. The van der Waals surface area contributed by atoms with E-state index < -0.39 is 12.7 Å². The fourth-order valence-corrected chi connectivity index (χ4v) is 1.99. The van der Waals surface area contributed by atoms with Crippen LogP contribution in [-0.4, -0.2) is 28.3 Å². The first-order valence-electron chi connectivity index (χ1n) is 4.55. The number of benzene rings is 1. The quantitative estimate of drug-likeness (QED) is 0.856. The molecule has 0 saturated carbocycles. The first-order chi connectivity index (χ1) is 7.92. The predicted octanol–water partition coefficient (Wildman–Crippen LogP) is 2.76. The van der Waals surface area contributed by atoms with E-state index in [-0.39, 0.29) is 5.52 Å². The Morgan fingerprint density at radius 3 is 2.71 bits per heavy atom. The van der Waals surface area contributed by atoms with E-state index in [9.17, 15) is 13.2 Å². The molecule has 4 nitrogen and oxygen atoms in total. The van der Waals surface area contributed by atoms with Gasteiger partial charge in [-0.25, -0.2) is 4.68 Å². The number of methoxy groups -OCH3 is 1. The van der Waals surface area contributed by atoms with Crippen molar-refractivity contribution in [1.29, 1.82) is 0 Å². The van der Waals surface area contributed by atoms with Gasteiger partial charge in [-0.1, -0.05) is 5.21 Å². The number of nitrogens with zero attached hydrogens (tertiary/aromatic N) is 3. The molecule has 2 rings (SSSR count). The molecule has 1 aromatic carbocycles. The summed E-state index contributed by atoms with van der Waals surface area (Å²) in [7, 11) is 1.42. The van der Waals surface area contributed by atoms with Gasteiger partial charge in [0, 0.05) is 4.47 Å². The molecule has 0 bridgehead atoms. The summed E-state index contributed by atoms with van der Waals surface area (Å²) in [4.78, 5) is 0. The van der Waals surface area contributed by atoms with Crippen molar-refractivity contribution in [3.63, 3.8) is 0 Å². The Morgan fingerprint density at radius 1 is 1.41 bits per heavy atom. The fourth-order valence-electron chi connectivity index (χ4n) is 1.47. The Morgan fingerprint density at radius 2 is 2.12 bits per heavy atom. The van der Waals surface area contributed by atoms with Gasteiger partial charge in [-0.2, -0.15) is 13.2 Å². The van der Waals surface area contributed by atoms with Gasteiger partial charge < -0.3 is 4.74 Å². The molecule has 0 aliphatic carbocycles. The molecule has 0 fully saturated rings. The average molecular weight is 310 g/mol. The number of halogens is 4. The fraction of sp³-hybridized carbons (Fsp3) is 0.333. The molecule has 0 spiro atoms. The summed E-state index contributed by atoms with van der Waals surface area (Å²) < 4.78 is 43.3. The number of hydrogen-bond acceptors (Lipinski definition) is 3. The molecule has 17 heavy (non-hydrogen) atoms. The molecule has 0 amide bonds. The number of fused-ring (bicyclic) bond motifs is 1. The molecular formula is C9H7BrF3N3O. The molecule has 1 aromatic heterocycles. The molecule has 8 heteroatoms. The highest BCUT2D eigenvalue weighted by atomic mass is 79.9. The summed E-state index contributed by atoms with van der Waals surface area (Å²) in [6.45, 7) is -1.19. The lowest BCUT2D eigenvalue weighted by atomic mass is 10.3. The molecule has 2 aromatic rings. The van der Waals surface area contributed by atoms with Gasteiger partial charge in [0.2, 0.25) is 0 Å². The largest absolute Gasteiger partial charge is 0.494 e. The maximum Gasteiger partial charge on any atom is 0.408 e. The van der Waals surface area contributed by atoms with Crippen LogP contribution in [0.15, 0.2) is 16.6 Å². The van der Waals surface area contributed by atoms with E-state index in [4.69, 9.17) is 4.74 Å². The summed E-state index contributed by atoms with van der Waals surface area (Å²) in [5, 5.41) is 7.18. The van der Waals surface area contributed by atoms with Gasteiger partial charge >= 0.3 is 6.18 Å². The summed E-state index contributed by atoms with van der Waals surface area (Å²) in [5.41, 5.74) is 0.563. The van der Waals surface area contributed by atoms with E-state index in [1.54, 1.807) is 12.1 Å². The van der Waals surface area contributed by atoms with Crippen LogP contribution in [0.25, 0.3) is 11.0 Å². The van der Waals surface area contributed by atoms with Gasteiger partial charge in [0.15, 0.2) is 5.52 Å². The van der Waals surface area contributed by atoms with Crippen LogP contribution >= 0.6 is 15.9 Å². The normalized spacial score (nSPS) is 12.1. The van der Waals surface area contributed by atoms with Crippen LogP contribution in [0, 0.1) is 0 Å². The van der Waals surface area contributed by atoms with Crippen LogP contribution in [-0.2, 0) is 6.54 Å². The van der Waals surface area contributed by atoms with E-state index in [1.165, 1.54) is 7.11 Å². The van der Waals surface area contributed by atoms with E-state index in [1.807, 2.05) is 0 Å². The summed E-state index contributed by atoms with van der Waals surface area (Å²) in [6, 6.07) is 3.20. The third-order valence-corrected chi connectivity index (χ3v) is 2.76. The van der Waals surface area contributed by atoms with Crippen LogP contribution in [0.2, 0.25) is 0 Å². The van der Waals surface area contributed by atoms with Crippen LogP contribution in [0.3, 0.4) is 0 Å². The van der Waals surface area contributed by atoms with Crippen LogP contribution in [0.4, 0.5) is 13.2 Å². The van der Waals surface area contributed by atoms with Crippen LogP contribution in [0.5, 0.6) is 5.75 Å². The smallest absolute Gasteiger partial charge is 0.408 e. The Kier molecular flexibility index (Phi) is 2.98. The van der Waals surface area contributed by atoms with Gasteiger partial charge in [-0.15, -0.1) is 5.10 Å². The molecular weight excluding hydrogens is 303 g/mol. The molecule has 1 heterocycles. The second kappa shape index (κ2) is 4.17. The minimum atomic E-state index is -4.34. The molecule has 0 N–H and O–H groups in total. The summed E-state index contributed by atoms with van der Waals surface area (Å²) in [5.74, 6) is 0.386. The van der Waals surface area contributed by atoms with Crippen molar-refractivity contribution in [2.75, 3.05) is 7.11 Å².